The maximum atomic E-state index is 13.2. The zero-order chi connectivity index (χ0) is 24.9. The third kappa shape index (κ3) is 5.29. The Hall–Kier alpha value is -4.43. The predicted octanol–water partition coefficient (Wildman–Crippen LogP) is 4.01. The number of rotatable bonds is 8. The predicted molar refractivity (Wildman–Crippen MR) is 135 cm³/mol. The van der Waals surface area contributed by atoms with Crippen LogP contribution in [0.4, 0.5) is 4.39 Å². The maximum absolute atomic E-state index is 13.2. The van der Waals surface area contributed by atoms with E-state index in [0.29, 0.717) is 18.5 Å². The average molecular weight is 482 g/mol. The standard InChI is InChI=1S/C28H24FN5O2/c29-24-9-5-19(6-10-24)13-25(18-35)31-28(36)26-4-2-1-3-23(26)16-34-17-27(32-33-34)21-7-8-22-15-30-12-11-20(22)14-21/h1-12,14-15,17,25,35H,13,16,18H2,(H,31,36). The molecular weight excluding hydrogens is 457 g/mol. The molecule has 0 saturated carbocycles. The molecule has 36 heavy (non-hydrogen) atoms. The number of aliphatic hydroxyl groups is 1. The Balaban J connectivity index is 1.31. The molecule has 1 amide bonds. The average Bonchev–Trinajstić information content (AvgIpc) is 3.38. The number of carbonyl (C=O) groups excluding carboxylic acids is 1. The molecule has 0 bridgehead atoms. The van der Waals surface area contributed by atoms with Crippen LogP contribution in [0.5, 0.6) is 0 Å². The highest BCUT2D eigenvalue weighted by Crippen LogP contribution is 2.22. The third-order valence-electron chi connectivity index (χ3n) is 6.02. The molecule has 2 heterocycles. The van der Waals surface area contributed by atoms with Crippen molar-refractivity contribution in [1.82, 2.24) is 25.3 Å². The van der Waals surface area contributed by atoms with Gasteiger partial charge in [0.05, 0.1) is 25.4 Å². The van der Waals surface area contributed by atoms with E-state index < -0.39 is 6.04 Å². The van der Waals surface area contributed by atoms with Gasteiger partial charge >= 0.3 is 0 Å². The van der Waals surface area contributed by atoms with E-state index in [9.17, 15) is 14.3 Å². The summed E-state index contributed by atoms with van der Waals surface area (Å²) < 4.78 is 14.9. The first-order valence-corrected chi connectivity index (χ1v) is 11.6. The summed E-state index contributed by atoms with van der Waals surface area (Å²) in [6.07, 6.45) is 5.81. The van der Waals surface area contributed by atoms with E-state index in [2.05, 4.69) is 20.6 Å². The van der Waals surface area contributed by atoms with E-state index >= 15 is 0 Å². The number of amides is 1. The lowest BCUT2D eigenvalue weighted by Gasteiger charge is -2.18. The van der Waals surface area contributed by atoms with Gasteiger partial charge in [-0.25, -0.2) is 9.07 Å². The number of halogens is 1. The summed E-state index contributed by atoms with van der Waals surface area (Å²) in [7, 11) is 0. The van der Waals surface area contributed by atoms with Gasteiger partial charge in [-0.3, -0.25) is 9.78 Å². The lowest BCUT2D eigenvalue weighted by molar-refractivity contribution is 0.0915. The number of hydrogen-bond donors (Lipinski definition) is 2. The summed E-state index contributed by atoms with van der Waals surface area (Å²) in [5, 5.41) is 23.4. The van der Waals surface area contributed by atoms with E-state index in [1.165, 1.54) is 12.1 Å². The van der Waals surface area contributed by atoms with Crippen LogP contribution < -0.4 is 5.32 Å². The number of nitrogens with one attached hydrogen (secondary N) is 1. The lowest BCUT2D eigenvalue weighted by atomic mass is 10.0. The molecule has 5 rings (SSSR count). The molecule has 2 N–H and O–H groups in total. The maximum Gasteiger partial charge on any atom is 0.251 e. The van der Waals surface area contributed by atoms with Gasteiger partial charge in [0.2, 0.25) is 0 Å². The van der Waals surface area contributed by atoms with Crippen molar-refractivity contribution in [2.75, 3.05) is 6.61 Å². The monoisotopic (exact) mass is 481 g/mol. The first kappa shape index (κ1) is 23.3. The van der Waals surface area contributed by atoms with Gasteiger partial charge in [-0.1, -0.05) is 47.7 Å². The van der Waals surface area contributed by atoms with Crippen LogP contribution in [0.1, 0.15) is 21.5 Å². The van der Waals surface area contributed by atoms with Crippen molar-refractivity contribution in [3.05, 3.63) is 114 Å². The van der Waals surface area contributed by atoms with Crippen molar-refractivity contribution in [2.45, 2.75) is 19.0 Å². The van der Waals surface area contributed by atoms with Gasteiger partial charge < -0.3 is 10.4 Å². The summed E-state index contributed by atoms with van der Waals surface area (Å²) in [5.41, 5.74) is 3.76. The van der Waals surface area contributed by atoms with Crippen LogP contribution in [0.25, 0.3) is 22.0 Å². The van der Waals surface area contributed by atoms with Gasteiger partial charge in [0.1, 0.15) is 11.5 Å². The molecular formula is C28H24FN5O2. The number of aliphatic hydroxyl groups excluding tert-OH is 1. The van der Waals surface area contributed by atoms with Crippen LogP contribution >= 0.6 is 0 Å². The fourth-order valence-electron chi connectivity index (χ4n) is 4.13. The number of pyridine rings is 1. The lowest BCUT2D eigenvalue weighted by Crippen LogP contribution is -2.39. The molecule has 1 atom stereocenters. The molecule has 7 nitrogen and oxygen atoms in total. The van der Waals surface area contributed by atoms with E-state index in [1.54, 1.807) is 35.1 Å². The number of benzene rings is 3. The van der Waals surface area contributed by atoms with Crippen LogP contribution in [-0.4, -0.2) is 43.6 Å². The summed E-state index contributed by atoms with van der Waals surface area (Å²) >= 11 is 0. The van der Waals surface area contributed by atoms with Gasteiger partial charge in [-0.2, -0.15) is 0 Å². The summed E-state index contributed by atoms with van der Waals surface area (Å²) in [6.45, 7) is 0.120. The first-order chi connectivity index (χ1) is 17.6. The molecule has 3 aromatic carbocycles. The van der Waals surface area contributed by atoms with E-state index in [0.717, 1.165) is 33.2 Å². The second kappa shape index (κ2) is 10.5. The first-order valence-electron chi connectivity index (χ1n) is 11.6. The number of fused-ring (bicyclic) bond motifs is 1. The largest absolute Gasteiger partial charge is 0.394 e. The van der Waals surface area contributed by atoms with Crippen molar-refractivity contribution < 1.29 is 14.3 Å². The van der Waals surface area contributed by atoms with E-state index in [-0.39, 0.29) is 18.3 Å². The van der Waals surface area contributed by atoms with Crippen molar-refractivity contribution in [3.8, 4) is 11.3 Å². The molecule has 2 aromatic heterocycles. The third-order valence-corrected chi connectivity index (χ3v) is 6.02. The van der Waals surface area contributed by atoms with Gasteiger partial charge in [0, 0.05) is 28.9 Å². The number of hydrogen-bond acceptors (Lipinski definition) is 5. The molecule has 0 aliphatic heterocycles. The zero-order valence-electron chi connectivity index (χ0n) is 19.4. The number of carbonyl (C=O) groups is 1. The fourth-order valence-corrected chi connectivity index (χ4v) is 4.13. The molecule has 180 valence electrons. The topological polar surface area (TPSA) is 92.9 Å². The van der Waals surface area contributed by atoms with E-state index in [1.807, 2.05) is 48.8 Å². The van der Waals surface area contributed by atoms with Crippen LogP contribution in [0, 0.1) is 5.82 Å². The summed E-state index contributed by atoms with van der Waals surface area (Å²) in [4.78, 5) is 17.2. The molecule has 0 fully saturated rings. The van der Waals surface area contributed by atoms with Crippen molar-refractivity contribution >= 4 is 16.7 Å². The fraction of sp³-hybridized carbons (Fsp3) is 0.143. The molecule has 0 radical (unpaired) electrons. The Morgan fingerprint density at radius 3 is 2.69 bits per heavy atom. The Kier molecular flexibility index (Phi) is 6.77. The SMILES string of the molecule is O=C(NC(CO)Cc1ccc(F)cc1)c1ccccc1Cn1cc(-c2ccc3cnccc3c2)nn1. The van der Waals surface area contributed by atoms with Gasteiger partial charge in [-0.15, -0.1) is 5.10 Å². The Morgan fingerprint density at radius 1 is 1.03 bits per heavy atom. The molecule has 0 saturated heterocycles. The molecule has 1 unspecified atom stereocenters. The quantitative estimate of drug-likeness (QED) is 0.349. The molecule has 0 aliphatic carbocycles. The number of aromatic nitrogens is 4. The Morgan fingerprint density at radius 2 is 1.86 bits per heavy atom. The van der Waals surface area contributed by atoms with Crippen molar-refractivity contribution in [3.63, 3.8) is 0 Å². The van der Waals surface area contributed by atoms with Crippen molar-refractivity contribution in [1.29, 1.82) is 0 Å². The normalized spacial score (nSPS) is 11.9. The van der Waals surface area contributed by atoms with Crippen LogP contribution in [0.2, 0.25) is 0 Å². The molecule has 0 spiro atoms. The molecule has 8 heteroatoms. The van der Waals surface area contributed by atoms with Gasteiger partial charge in [0.15, 0.2) is 0 Å². The highest BCUT2D eigenvalue weighted by atomic mass is 19.1. The van der Waals surface area contributed by atoms with E-state index in [4.69, 9.17) is 0 Å². The summed E-state index contributed by atoms with van der Waals surface area (Å²) in [6, 6.07) is 20.8. The Labute approximate surface area is 207 Å². The van der Waals surface area contributed by atoms with Gasteiger partial charge in [0.25, 0.3) is 5.91 Å². The molecule has 0 aliphatic rings. The highest BCUT2D eigenvalue weighted by molar-refractivity contribution is 5.96. The minimum absolute atomic E-state index is 0.237. The van der Waals surface area contributed by atoms with Crippen LogP contribution in [0.15, 0.2) is 91.4 Å². The van der Waals surface area contributed by atoms with Gasteiger partial charge in [-0.05, 0) is 53.3 Å². The van der Waals surface area contributed by atoms with Crippen LogP contribution in [-0.2, 0) is 13.0 Å². The minimum atomic E-state index is -0.503. The minimum Gasteiger partial charge on any atom is -0.394 e. The Bertz CT molecular complexity index is 1500. The molecule has 5 aromatic rings. The zero-order valence-corrected chi connectivity index (χ0v) is 19.4. The van der Waals surface area contributed by atoms with Crippen molar-refractivity contribution in [2.24, 2.45) is 0 Å². The smallest absolute Gasteiger partial charge is 0.251 e. The second-order valence-corrected chi connectivity index (χ2v) is 8.58. The highest BCUT2D eigenvalue weighted by Gasteiger charge is 2.17. The number of nitrogens with zero attached hydrogens (tertiary/aromatic N) is 4. The van der Waals surface area contributed by atoms with Crippen LogP contribution in [0.3, 0.4) is 0 Å². The summed E-state index contributed by atoms with van der Waals surface area (Å²) in [5.74, 6) is -0.623. The second-order valence-electron chi connectivity index (χ2n) is 8.58.